The standard InChI is InChI=1S/C18H18N2O5/c1-11-4-5-12(18(24)20(10-16(21)22)13-6-7-13)9-14(11)19-17(23)15-3-2-8-25-15/h2-5,8-9,13H,6-7,10H2,1H3,(H,19,23)(H,21,22). The molecule has 3 rings (SSSR count). The Labute approximate surface area is 144 Å². The van der Waals surface area contributed by atoms with E-state index in [-0.39, 0.29) is 24.3 Å². The fourth-order valence-electron chi connectivity index (χ4n) is 2.55. The fraction of sp³-hybridized carbons (Fsp3) is 0.278. The molecule has 1 aliphatic rings. The number of hydrogen-bond acceptors (Lipinski definition) is 4. The highest BCUT2D eigenvalue weighted by Crippen LogP contribution is 2.29. The van der Waals surface area contributed by atoms with E-state index in [1.54, 1.807) is 30.3 Å². The Morgan fingerprint density at radius 1 is 1.28 bits per heavy atom. The van der Waals surface area contributed by atoms with E-state index in [9.17, 15) is 14.4 Å². The minimum Gasteiger partial charge on any atom is -0.480 e. The molecule has 0 saturated heterocycles. The van der Waals surface area contributed by atoms with Gasteiger partial charge in [0.2, 0.25) is 0 Å². The van der Waals surface area contributed by atoms with Crippen LogP contribution in [-0.4, -0.2) is 40.4 Å². The molecule has 0 aliphatic heterocycles. The Hall–Kier alpha value is -3.09. The van der Waals surface area contributed by atoms with Crippen molar-refractivity contribution in [2.45, 2.75) is 25.8 Å². The molecule has 1 fully saturated rings. The molecule has 2 amide bonds. The van der Waals surface area contributed by atoms with Gasteiger partial charge in [-0.2, -0.15) is 0 Å². The first-order valence-electron chi connectivity index (χ1n) is 7.94. The van der Waals surface area contributed by atoms with Crippen LogP contribution in [0.15, 0.2) is 41.0 Å². The topological polar surface area (TPSA) is 99.9 Å². The Bertz CT molecular complexity index is 809. The number of aliphatic carboxylic acids is 1. The molecule has 1 aromatic heterocycles. The highest BCUT2D eigenvalue weighted by atomic mass is 16.4. The second-order valence-corrected chi connectivity index (χ2v) is 6.02. The van der Waals surface area contributed by atoms with Gasteiger partial charge in [-0.15, -0.1) is 0 Å². The Morgan fingerprint density at radius 2 is 2.04 bits per heavy atom. The summed E-state index contributed by atoms with van der Waals surface area (Å²) in [5.41, 5.74) is 1.61. The van der Waals surface area contributed by atoms with E-state index in [2.05, 4.69) is 5.32 Å². The predicted octanol–water partition coefficient (Wildman–Crippen LogP) is 2.53. The van der Waals surface area contributed by atoms with E-state index in [0.717, 1.165) is 18.4 Å². The molecule has 1 saturated carbocycles. The van der Waals surface area contributed by atoms with Crippen LogP contribution >= 0.6 is 0 Å². The van der Waals surface area contributed by atoms with Crippen LogP contribution in [0.25, 0.3) is 0 Å². The summed E-state index contributed by atoms with van der Waals surface area (Å²) in [7, 11) is 0. The van der Waals surface area contributed by atoms with Crippen molar-refractivity contribution in [3.05, 3.63) is 53.5 Å². The van der Waals surface area contributed by atoms with Crippen LogP contribution in [0.4, 0.5) is 5.69 Å². The van der Waals surface area contributed by atoms with Gasteiger partial charge in [-0.25, -0.2) is 0 Å². The van der Waals surface area contributed by atoms with Gasteiger partial charge in [-0.1, -0.05) is 6.07 Å². The molecule has 0 atom stereocenters. The smallest absolute Gasteiger partial charge is 0.323 e. The van der Waals surface area contributed by atoms with E-state index in [4.69, 9.17) is 9.52 Å². The van der Waals surface area contributed by atoms with Gasteiger partial charge in [0, 0.05) is 17.3 Å². The maximum absolute atomic E-state index is 12.7. The lowest BCUT2D eigenvalue weighted by Crippen LogP contribution is -2.37. The van der Waals surface area contributed by atoms with Crippen molar-refractivity contribution in [3.63, 3.8) is 0 Å². The van der Waals surface area contributed by atoms with Gasteiger partial charge in [-0.05, 0) is 49.6 Å². The molecule has 2 aromatic rings. The van der Waals surface area contributed by atoms with E-state index in [0.29, 0.717) is 11.3 Å². The second kappa shape index (κ2) is 6.80. The summed E-state index contributed by atoms with van der Waals surface area (Å²) in [6.07, 6.45) is 3.03. The SMILES string of the molecule is Cc1ccc(C(=O)N(CC(=O)O)C2CC2)cc1NC(=O)c1ccco1. The van der Waals surface area contributed by atoms with Crippen LogP contribution in [0.3, 0.4) is 0 Å². The van der Waals surface area contributed by atoms with Crippen LogP contribution in [0, 0.1) is 6.92 Å². The zero-order valence-electron chi connectivity index (χ0n) is 13.7. The number of carbonyl (C=O) groups is 3. The molecular formula is C18H18N2O5. The molecule has 25 heavy (non-hydrogen) atoms. The quantitative estimate of drug-likeness (QED) is 0.840. The molecule has 0 spiro atoms. The lowest BCUT2D eigenvalue weighted by Gasteiger charge is -2.21. The second-order valence-electron chi connectivity index (χ2n) is 6.02. The third-order valence-electron chi connectivity index (χ3n) is 4.03. The van der Waals surface area contributed by atoms with E-state index in [1.807, 2.05) is 6.92 Å². The molecule has 0 bridgehead atoms. The molecule has 7 heteroatoms. The molecule has 0 unspecified atom stereocenters. The van der Waals surface area contributed by atoms with Crippen molar-refractivity contribution in [3.8, 4) is 0 Å². The highest BCUT2D eigenvalue weighted by Gasteiger charge is 2.34. The first kappa shape index (κ1) is 16.8. The van der Waals surface area contributed by atoms with Crippen LogP contribution in [0.1, 0.15) is 39.3 Å². The first-order chi connectivity index (χ1) is 12.0. The maximum Gasteiger partial charge on any atom is 0.323 e. The third-order valence-corrected chi connectivity index (χ3v) is 4.03. The third kappa shape index (κ3) is 3.88. The van der Waals surface area contributed by atoms with Crippen molar-refractivity contribution in [1.82, 2.24) is 4.90 Å². The van der Waals surface area contributed by atoms with E-state index < -0.39 is 11.9 Å². The van der Waals surface area contributed by atoms with Crippen molar-refractivity contribution >= 4 is 23.5 Å². The summed E-state index contributed by atoms with van der Waals surface area (Å²) in [5, 5.41) is 11.7. The minimum atomic E-state index is -1.04. The van der Waals surface area contributed by atoms with Gasteiger partial charge in [0.05, 0.1) is 6.26 Å². The summed E-state index contributed by atoms with van der Waals surface area (Å²) in [4.78, 5) is 37.2. The summed E-state index contributed by atoms with van der Waals surface area (Å²) < 4.78 is 5.05. The molecular weight excluding hydrogens is 324 g/mol. The number of rotatable bonds is 6. The average Bonchev–Trinajstić information content (AvgIpc) is 3.26. The average molecular weight is 342 g/mol. The summed E-state index contributed by atoms with van der Waals surface area (Å²) in [6, 6.07) is 8.05. The number of carbonyl (C=O) groups excluding carboxylic acids is 2. The largest absolute Gasteiger partial charge is 0.480 e. The highest BCUT2D eigenvalue weighted by molar-refractivity contribution is 6.04. The van der Waals surface area contributed by atoms with Gasteiger partial charge in [0.25, 0.3) is 11.8 Å². The number of carboxylic acid groups (broad SMARTS) is 1. The van der Waals surface area contributed by atoms with Crippen LogP contribution in [0.2, 0.25) is 0 Å². The number of carboxylic acids is 1. The maximum atomic E-state index is 12.7. The van der Waals surface area contributed by atoms with Crippen molar-refractivity contribution in [2.24, 2.45) is 0 Å². The number of nitrogens with one attached hydrogen (secondary N) is 1. The molecule has 2 N–H and O–H groups in total. The monoisotopic (exact) mass is 342 g/mol. The normalized spacial score (nSPS) is 13.3. The first-order valence-corrected chi connectivity index (χ1v) is 7.94. The number of hydrogen-bond donors (Lipinski definition) is 2. The number of furan rings is 1. The number of aryl methyl sites for hydroxylation is 1. The fourth-order valence-corrected chi connectivity index (χ4v) is 2.55. The van der Waals surface area contributed by atoms with Gasteiger partial charge < -0.3 is 19.7 Å². The molecule has 1 heterocycles. The predicted molar refractivity (Wildman–Crippen MR) is 89.5 cm³/mol. The lowest BCUT2D eigenvalue weighted by atomic mass is 10.1. The number of nitrogens with zero attached hydrogens (tertiary/aromatic N) is 1. The van der Waals surface area contributed by atoms with Crippen molar-refractivity contribution in [2.75, 3.05) is 11.9 Å². The van der Waals surface area contributed by atoms with E-state index >= 15 is 0 Å². The Balaban J connectivity index is 1.81. The summed E-state index contributed by atoms with van der Waals surface area (Å²) >= 11 is 0. The van der Waals surface area contributed by atoms with Crippen LogP contribution < -0.4 is 5.32 Å². The van der Waals surface area contributed by atoms with Gasteiger partial charge in [0.1, 0.15) is 6.54 Å². The Kier molecular flexibility index (Phi) is 4.56. The van der Waals surface area contributed by atoms with Gasteiger partial charge >= 0.3 is 5.97 Å². The van der Waals surface area contributed by atoms with E-state index in [1.165, 1.54) is 11.2 Å². The number of anilines is 1. The number of benzene rings is 1. The van der Waals surface area contributed by atoms with Crippen LogP contribution in [-0.2, 0) is 4.79 Å². The molecule has 130 valence electrons. The number of amides is 2. The minimum absolute atomic E-state index is 0.0222. The molecule has 1 aliphatic carbocycles. The van der Waals surface area contributed by atoms with Crippen LogP contribution in [0.5, 0.6) is 0 Å². The summed E-state index contributed by atoms with van der Waals surface area (Å²) in [5.74, 6) is -1.64. The van der Waals surface area contributed by atoms with Crippen molar-refractivity contribution < 1.29 is 23.9 Å². The molecule has 1 aromatic carbocycles. The summed E-state index contributed by atoms with van der Waals surface area (Å²) in [6.45, 7) is 1.48. The van der Waals surface area contributed by atoms with Crippen molar-refractivity contribution in [1.29, 1.82) is 0 Å². The zero-order valence-corrected chi connectivity index (χ0v) is 13.7. The van der Waals surface area contributed by atoms with Gasteiger partial charge in [0.15, 0.2) is 5.76 Å². The molecule has 7 nitrogen and oxygen atoms in total. The molecule has 0 radical (unpaired) electrons. The van der Waals surface area contributed by atoms with Gasteiger partial charge in [-0.3, -0.25) is 14.4 Å². The Morgan fingerprint density at radius 3 is 2.64 bits per heavy atom. The lowest BCUT2D eigenvalue weighted by molar-refractivity contribution is -0.137. The zero-order chi connectivity index (χ0) is 18.0.